The number of alkyl halides is 1. The summed E-state index contributed by atoms with van der Waals surface area (Å²) in [5.74, 6) is 0. The van der Waals surface area contributed by atoms with E-state index in [0.29, 0.717) is 13.0 Å². The van der Waals surface area contributed by atoms with E-state index in [1.165, 1.54) is 0 Å². The summed E-state index contributed by atoms with van der Waals surface area (Å²) in [6.45, 7) is 9.79. The zero-order chi connectivity index (χ0) is 13.8. The van der Waals surface area contributed by atoms with Crippen molar-refractivity contribution in [2.24, 2.45) is 0 Å². The molecule has 0 aliphatic carbocycles. The molecule has 1 heterocycles. The summed E-state index contributed by atoms with van der Waals surface area (Å²) < 4.78 is 13.3. The molecule has 0 radical (unpaired) electrons. The molecule has 18 heavy (non-hydrogen) atoms. The Morgan fingerprint density at radius 2 is 2.17 bits per heavy atom. The minimum Gasteiger partial charge on any atom is -0.334 e. The molecule has 0 unspecified atom stereocenters. The van der Waals surface area contributed by atoms with E-state index in [4.69, 9.17) is 0 Å². The van der Waals surface area contributed by atoms with Crippen LogP contribution in [0, 0.1) is 0 Å². The normalized spacial score (nSPS) is 22.8. The molecular formula is C13H26FN3O. The molecule has 0 aromatic rings. The molecule has 106 valence electrons. The Morgan fingerprint density at radius 3 is 2.72 bits per heavy atom. The van der Waals surface area contributed by atoms with Crippen LogP contribution in [0.4, 0.5) is 9.18 Å². The highest BCUT2D eigenvalue weighted by Gasteiger charge is 2.26. The third-order valence-electron chi connectivity index (χ3n) is 3.00. The molecule has 1 saturated heterocycles. The molecule has 0 spiro atoms. The fourth-order valence-electron chi connectivity index (χ4n) is 2.09. The van der Waals surface area contributed by atoms with Crippen molar-refractivity contribution < 1.29 is 9.18 Å². The number of nitrogens with zero attached hydrogens (tertiary/aromatic N) is 1. The number of carbonyl (C=O) groups is 1. The second-order valence-corrected chi connectivity index (χ2v) is 6.10. The van der Waals surface area contributed by atoms with E-state index in [0.717, 1.165) is 19.5 Å². The summed E-state index contributed by atoms with van der Waals surface area (Å²) in [7, 11) is 0. The summed E-state index contributed by atoms with van der Waals surface area (Å²) in [6.07, 6.45) is 0.694. The van der Waals surface area contributed by atoms with Gasteiger partial charge in [0, 0.05) is 31.2 Å². The minimum atomic E-state index is -0.757. The van der Waals surface area contributed by atoms with E-state index in [2.05, 4.69) is 15.5 Å². The average molecular weight is 259 g/mol. The molecule has 1 aliphatic rings. The zero-order valence-corrected chi connectivity index (χ0v) is 11.9. The number of rotatable bonds is 4. The predicted molar refractivity (Wildman–Crippen MR) is 71.5 cm³/mol. The largest absolute Gasteiger partial charge is 0.334 e. The summed E-state index contributed by atoms with van der Waals surface area (Å²) in [6, 6.07) is -0.00181. The van der Waals surface area contributed by atoms with Gasteiger partial charge >= 0.3 is 6.03 Å². The van der Waals surface area contributed by atoms with Crippen LogP contribution in [0.25, 0.3) is 0 Å². The Morgan fingerprint density at radius 1 is 1.50 bits per heavy atom. The van der Waals surface area contributed by atoms with Gasteiger partial charge in [-0.25, -0.2) is 9.18 Å². The number of urea groups is 1. The molecule has 0 aromatic heterocycles. The van der Waals surface area contributed by atoms with E-state index in [-0.39, 0.29) is 17.6 Å². The summed E-state index contributed by atoms with van der Waals surface area (Å²) in [5, 5.41) is 5.81. The second-order valence-electron chi connectivity index (χ2n) is 6.10. The standard InChI is InChI=1S/C13H26FN3O/c1-5-10(14)8-17-7-6-11(9-17)15-12(18)16-13(2,3)4/h10-11H,5-9H2,1-4H3,(H2,15,16,18)/t10-,11+/m0/s1. The molecule has 4 nitrogen and oxygen atoms in total. The first-order valence-electron chi connectivity index (χ1n) is 6.75. The maximum atomic E-state index is 13.3. The lowest BCUT2D eigenvalue weighted by atomic mass is 10.1. The highest BCUT2D eigenvalue weighted by atomic mass is 19.1. The number of halogens is 1. The van der Waals surface area contributed by atoms with Crippen LogP contribution in [0.5, 0.6) is 0 Å². The first-order chi connectivity index (χ1) is 8.30. The molecule has 2 atom stereocenters. The van der Waals surface area contributed by atoms with Gasteiger partial charge in [0.15, 0.2) is 0 Å². The minimum absolute atomic E-state index is 0.136. The van der Waals surface area contributed by atoms with Crippen LogP contribution in [0.2, 0.25) is 0 Å². The number of carbonyl (C=O) groups excluding carboxylic acids is 1. The van der Waals surface area contributed by atoms with Crippen molar-refractivity contribution >= 4 is 6.03 Å². The predicted octanol–water partition coefficient (Wildman–Crippen LogP) is 1.91. The Hall–Kier alpha value is -0.840. The maximum Gasteiger partial charge on any atom is 0.315 e. The highest BCUT2D eigenvalue weighted by molar-refractivity contribution is 5.75. The number of hydrogen-bond acceptors (Lipinski definition) is 2. The Bertz CT molecular complexity index is 278. The molecular weight excluding hydrogens is 233 g/mol. The molecule has 1 aliphatic heterocycles. The number of amides is 2. The lowest BCUT2D eigenvalue weighted by Gasteiger charge is -2.23. The molecule has 5 heteroatoms. The van der Waals surface area contributed by atoms with E-state index in [9.17, 15) is 9.18 Å². The Kier molecular flexibility index (Phi) is 5.38. The zero-order valence-electron chi connectivity index (χ0n) is 11.9. The smallest absolute Gasteiger partial charge is 0.315 e. The van der Waals surface area contributed by atoms with Crippen LogP contribution in [0.15, 0.2) is 0 Å². The van der Waals surface area contributed by atoms with Crippen LogP contribution in [-0.2, 0) is 0 Å². The second kappa shape index (κ2) is 6.36. The lowest BCUT2D eigenvalue weighted by Crippen LogP contribution is -2.50. The van der Waals surface area contributed by atoms with E-state index in [1.807, 2.05) is 27.7 Å². The topological polar surface area (TPSA) is 44.4 Å². The van der Waals surface area contributed by atoms with E-state index >= 15 is 0 Å². The Labute approximate surface area is 109 Å². The molecule has 0 aromatic carbocycles. The molecule has 2 N–H and O–H groups in total. The van der Waals surface area contributed by atoms with Gasteiger partial charge in [0.05, 0.1) is 0 Å². The van der Waals surface area contributed by atoms with Gasteiger partial charge < -0.3 is 10.6 Å². The first kappa shape index (κ1) is 15.2. The van der Waals surface area contributed by atoms with Crippen molar-refractivity contribution in [3.8, 4) is 0 Å². The number of hydrogen-bond donors (Lipinski definition) is 2. The van der Waals surface area contributed by atoms with Crippen LogP contribution < -0.4 is 10.6 Å². The third kappa shape index (κ3) is 5.67. The SMILES string of the molecule is CC[C@H](F)CN1CC[C@@H](NC(=O)NC(C)(C)C)C1. The lowest BCUT2D eigenvalue weighted by molar-refractivity contribution is 0.209. The molecule has 2 amide bonds. The van der Waals surface area contributed by atoms with Gasteiger partial charge in [0.2, 0.25) is 0 Å². The van der Waals surface area contributed by atoms with Crippen LogP contribution in [0.3, 0.4) is 0 Å². The summed E-state index contributed by atoms with van der Waals surface area (Å²) in [5.41, 5.74) is -0.228. The van der Waals surface area contributed by atoms with Gasteiger partial charge in [-0.05, 0) is 33.6 Å². The van der Waals surface area contributed by atoms with Gasteiger partial charge in [0.1, 0.15) is 6.17 Å². The van der Waals surface area contributed by atoms with E-state index in [1.54, 1.807) is 0 Å². The summed E-state index contributed by atoms with van der Waals surface area (Å²) >= 11 is 0. The van der Waals surface area contributed by atoms with Gasteiger partial charge in [-0.1, -0.05) is 6.92 Å². The molecule has 0 bridgehead atoms. The van der Waals surface area contributed by atoms with Gasteiger partial charge in [-0.3, -0.25) is 4.90 Å². The van der Waals surface area contributed by atoms with Gasteiger partial charge in [-0.15, -0.1) is 0 Å². The summed E-state index contributed by atoms with van der Waals surface area (Å²) in [4.78, 5) is 13.8. The van der Waals surface area contributed by atoms with Crippen molar-refractivity contribution in [1.29, 1.82) is 0 Å². The fourth-order valence-corrected chi connectivity index (χ4v) is 2.09. The third-order valence-corrected chi connectivity index (χ3v) is 3.00. The number of likely N-dealkylation sites (tertiary alicyclic amines) is 1. The quantitative estimate of drug-likeness (QED) is 0.810. The van der Waals surface area contributed by atoms with Crippen molar-refractivity contribution in [3.05, 3.63) is 0 Å². The highest BCUT2D eigenvalue weighted by Crippen LogP contribution is 2.12. The van der Waals surface area contributed by atoms with E-state index < -0.39 is 6.17 Å². The first-order valence-corrected chi connectivity index (χ1v) is 6.75. The van der Waals surface area contributed by atoms with Crippen molar-refractivity contribution in [1.82, 2.24) is 15.5 Å². The molecule has 1 rings (SSSR count). The fraction of sp³-hybridized carbons (Fsp3) is 0.923. The molecule has 1 fully saturated rings. The van der Waals surface area contributed by atoms with Crippen molar-refractivity contribution in [2.45, 2.75) is 58.3 Å². The maximum absolute atomic E-state index is 13.3. The average Bonchev–Trinajstić information content (AvgIpc) is 2.62. The van der Waals surface area contributed by atoms with Crippen molar-refractivity contribution in [3.63, 3.8) is 0 Å². The molecule has 0 saturated carbocycles. The Balaban J connectivity index is 2.28. The monoisotopic (exact) mass is 259 g/mol. The number of nitrogens with one attached hydrogen (secondary N) is 2. The van der Waals surface area contributed by atoms with Gasteiger partial charge in [0.25, 0.3) is 0 Å². The van der Waals surface area contributed by atoms with Crippen LogP contribution in [-0.4, -0.2) is 48.3 Å². The van der Waals surface area contributed by atoms with Crippen molar-refractivity contribution in [2.75, 3.05) is 19.6 Å². The van der Waals surface area contributed by atoms with Gasteiger partial charge in [-0.2, -0.15) is 0 Å². The van der Waals surface area contributed by atoms with Crippen LogP contribution >= 0.6 is 0 Å². The van der Waals surface area contributed by atoms with Crippen LogP contribution in [0.1, 0.15) is 40.5 Å².